The Labute approximate surface area is 313 Å². The Morgan fingerprint density at radius 2 is 0.962 bits per heavy atom. The summed E-state index contributed by atoms with van der Waals surface area (Å²) in [5, 5.41) is 5.06. The van der Waals surface area contributed by atoms with Crippen LogP contribution in [0.15, 0.2) is 210 Å². The quantitative estimate of drug-likeness (QED) is 0.181. The summed E-state index contributed by atoms with van der Waals surface area (Å²) in [6.07, 6.45) is 0. The highest BCUT2D eigenvalue weighted by molar-refractivity contribution is 7.99. The molecule has 0 saturated carbocycles. The molecule has 0 amide bonds. The van der Waals surface area contributed by atoms with Crippen LogP contribution in [0.2, 0.25) is 0 Å². The lowest BCUT2D eigenvalue weighted by molar-refractivity contribution is 0.707. The number of anilines is 3. The minimum Gasteiger partial charge on any atom is -0.310 e. The molecule has 53 heavy (non-hydrogen) atoms. The van der Waals surface area contributed by atoms with Crippen molar-refractivity contribution in [3.05, 3.63) is 222 Å². The molecule has 0 fully saturated rings. The highest BCUT2D eigenvalue weighted by Crippen LogP contribution is 2.61. The molecule has 1 atom stereocenters. The molecule has 11 rings (SSSR count). The molecule has 1 spiro atoms. The van der Waals surface area contributed by atoms with E-state index in [0.717, 1.165) is 17.1 Å². The van der Waals surface area contributed by atoms with Crippen molar-refractivity contribution in [3.63, 3.8) is 0 Å². The molecule has 1 unspecified atom stereocenters. The van der Waals surface area contributed by atoms with E-state index in [1.54, 1.807) is 0 Å². The van der Waals surface area contributed by atoms with Crippen molar-refractivity contribution in [2.45, 2.75) is 15.2 Å². The number of hydrogen-bond donors (Lipinski definition) is 0. The highest BCUT2D eigenvalue weighted by Gasteiger charge is 2.48. The Morgan fingerprint density at radius 3 is 1.83 bits per heavy atom. The minimum absolute atomic E-state index is 0.503. The Balaban J connectivity index is 1.17. The van der Waals surface area contributed by atoms with E-state index in [2.05, 4.69) is 205 Å². The Hall–Kier alpha value is -6.35. The molecule has 0 radical (unpaired) electrons. The third-order valence-corrected chi connectivity index (χ3v) is 12.4. The first-order valence-electron chi connectivity index (χ1n) is 18.3. The number of benzene rings is 9. The first-order valence-corrected chi connectivity index (χ1v) is 19.1. The van der Waals surface area contributed by atoms with Crippen LogP contribution in [0.3, 0.4) is 0 Å². The molecule has 2 aliphatic rings. The molecule has 9 aromatic rings. The maximum Gasteiger partial charge on any atom is 0.0736 e. The van der Waals surface area contributed by atoms with Crippen molar-refractivity contribution in [1.82, 2.24) is 0 Å². The molecule has 248 valence electrons. The summed E-state index contributed by atoms with van der Waals surface area (Å²) >= 11 is 1.89. The lowest BCUT2D eigenvalue weighted by Crippen LogP contribution is -2.36. The molecule has 0 saturated heterocycles. The van der Waals surface area contributed by atoms with Gasteiger partial charge in [-0.1, -0.05) is 157 Å². The Kier molecular flexibility index (Phi) is 6.77. The van der Waals surface area contributed by atoms with Gasteiger partial charge in [-0.05, 0) is 121 Å². The van der Waals surface area contributed by atoms with E-state index < -0.39 is 5.41 Å². The minimum atomic E-state index is -0.503. The first-order chi connectivity index (χ1) is 26.3. The van der Waals surface area contributed by atoms with Crippen LogP contribution in [0.5, 0.6) is 0 Å². The van der Waals surface area contributed by atoms with Crippen molar-refractivity contribution < 1.29 is 0 Å². The van der Waals surface area contributed by atoms with Gasteiger partial charge in [-0.15, -0.1) is 0 Å². The van der Waals surface area contributed by atoms with E-state index in [-0.39, 0.29) is 0 Å². The number of nitrogens with zero attached hydrogens (tertiary/aromatic N) is 1. The molecule has 0 bridgehead atoms. The topological polar surface area (TPSA) is 3.24 Å². The molecule has 1 aliphatic carbocycles. The van der Waals surface area contributed by atoms with Gasteiger partial charge >= 0.3 is 0 Å². The standard InChI is InChI=1S/C51H33NS/c1-3-13-34(14-4-1)36-25-26-38-32-40(28-27-37(38)31-36)52(39-17-5-2-6-18-39)41-29-30-49-47(33-41)51(45-22-9-10-24-48(45)53-49)44-21-8-7-19-42(44)43-20-11-15-35-16-12-23-46(51)50(35)43/h1-33H. The lowest BCUT2D eigenvalue weighted by atomic mass is 9.59. The second-order valence-corrected chi connectivity index (χ2v) is 15.2. The molecule has 0 N–H and O–H groups in total. The van der Waals surface area contributed by atoms with E-state index in [4.69, 9.17) is 0 Å². The fourth-order valence-electron chi connectivity index (χ4n) is 9.02. The predicted octanol–water partition coefficient (Wildman–Crippen LogP) is 14.0. The van der Waals surface area contributed by atoms with Gasteiger partial charge in [0.2, 0.25) is 0 Å². The van der Waals surface area contributed by atoms with Crippen LogP contribution in [0.1, 0.15) is 22.3 Å². The molecular formula is C51H33NS. The average molecular weight is 692 g/mol. The highest BCUT2D eigenvalue weighted by atomic mass is 32.2. The van der Waals surface area contributed by atoms with E-state index >= 15 is 0 Å². The Morgan fingerprint density at radius 1 is 0.340 bits per heavy atom. The van der Waals surface area contributed by atoms with Gasteiger partial charge in [0, 0.05) is 26.9 Å². The summed E-state index contributed by atoms with van der Waals surface area (Å²) in [6.45, 7) is 0. The van der Waals surface area contributed by atoms with Crippen molar-refractivity contribution in [2.24, 2.45) is 0 Å². The SMILES string of the molecule is c1ccc(-c2ccc3cc(N(c4ccccc4)c4ccc5c(c4)C4(c6ccccc6S5)c5ccccc5-c5cccc6cccc4c56)ccc3c2)cc1. The summed E-state index contributed by atoms with van der Waals surface area (Å²) in [5.41, 5.74) is 13.3. The average Bonchev–Trinajstić information content (AvgIpc) is 3.23. The van der Waals surface area contributed by atoms with Gasteiger partial charge in [0.1, 0.15) is 0 Å². The third-order valence-electron chi connectivity index (χ3n) is 11.3. The molecule has 9 aromatic carbocycles. The summed E-state index contributed by atoms with van der Waals surface area (Å²) in [5.74, 6) is 0. The second-order valence-electron chi connectivity index (χ2n) is 14.1. The molecule has 1 heterocycles. The maximum absolute atomic E-state index is 2.48. The van der Waals surface area contributed by atoms with Crippen molar-refractivity contribution in [3.8, 4) is 22.3 Å². The fraction of sp³-hybridized carbons (Fsp3) is 0.0196. The normalized spacial score (nSPS) is 15.2. The van der Waals surface area contributed by atoms with Crippen molar-refractivity contribution in [1.29, 1.82) is 0 Å². The molecule has 0 aromatic heterocycles. The van der Waals surface area contributed by atoms with E-state index in [1.807, 2.05) is 11.8 Å². The maximum atomic E-state index is 2.48. The summed E-state index contributed by atoms with van der Waals surface area (Å²) in [7, 11) is 0. The first kappa shape index (κ1) is 30.3. The fourth-order valence-corrected chi connectivity index (χ4v) is 10.2. The van der Waals surface area contributed by atoms with Crippen LogP contribution in [0.25, 0.3) is 43.8 Å². The molecule has 1 aliphatic heterocycles. The number of para-hydroxylation sites is 1. The molecular weight excluding hydrogens is 659 g/mol. The van der Waals surface area contributed by atoms with E-state index in [0.29, 0.717) is 0 Å². The second kappa shape index (κ2) is 11.8. The van der Waals surface area contributed by atoms with Gasteiger partial charge in [0.25, 0.3) is 0 Å². The lowest BCUT2D eigenvalue weighted by Gasteiger charge is -2.46. The van der Waals surface area contributed by atoms with Gasteiger partial charge in [-0.25, -0.2) is 0 Å². The van der Waals surface area contributed by atoms with Gasteiger partial charge in [0.15, 0.2) is 0 Å². The number of fused-ring (bicyclic) bond motifs is 9. The summed E-state index contributed by atoms with van der Waals surface area (Å²) < 4.78 is 0. The number of hydrogen-bond acceptors (Lipinski definition) is 2. The molecule has 2 heteroatoms. The van der Waals surface area contributed by atoms with Crippen LogP contribution < -0.4 is 4.90 Å². The van der Waals surface area contributed by atoms with Crippen LogP contribution in [-0.2, 0) is 5.41 Å². The number of rotatable bonds is 4. The van der Waals surface area contributed by atoms with E-state index in [9.17, 15) is 0 Å². The smallest absolute Gasteiger partial charge is 0.0736 e. The van der Waals surface area contributed by atoms with E-state index in [1.165, 1.54) is 75.8 Å². The zero-order valence-electron chi connectivity index (χ0n) is 28.9. The summed E-state index contributed by atoms with van der Waals surface area (Å²) in [4.78, 5) is 5.02. The third kappa shape index (κ3) is 4.52. The van der Waals surface area contributed by atoms with Crippen LogP contribution in [0.4, 0.5) is 17.1 Å². The largest absolute Gasteiger partial charge is 0.310 e. The van der Waals surface area contributed by atoms with Gasteiger partial charge in [0.05, 0.1) is 5.41 Å². The van der Waals surface area contributed by atoms with Crippen LogP contribution >= 0.6 is 11.8 Å². The molecule has 1 nitrogen and oxygen atoms in total. The zero-order chi connectivity index (χ0) is 34.9. The summed E-state index contributed by atoms with van der Waals surface area (Å²) in [6, 6.07) is 74.1. The van der Waals surface area contributed by atoms with Gasteiger partial charge < -0.3 is 4.90 Å². The zero-order valence-corrected chi connectivity index (χ0v) is 29.7. The van der Waals surface area contributed by atoms with Crippen LogP contribution in [0, 0.1) is 0 Å². The van der Waals surface area contributed by atoms with Crippen molar-refractivity contribution >= 4 is 50.4 Å². The Bertz CT molecular complexity index is 2870. The van der Waals surface area contributed by atoms with Gasteiger partial charge in [-0.2, -0.15) is 0 Å². The monoisotopic (exact) mass is 691 g/mol. The predicted molar refractivity (Wildman–Crippen MR) is 223 cm³/mol. The van der Waals surface area contributed by atoms with Gasteiger partial charge in [-0.3, -0.25) is 0 Å². The van der Waals surface area contributed by atoms with Crippen molar-refractivity contribution in [2.75, 3.05) is 4.90 Å². The van der Waals surface area contributed by atoms with Crippen LogP contribution in [-0.4, -0.2) is 0 Å².